The molecule has 1 N–H and O–H groups in total. The van der Waals surface area contributed by atoms with E-state index >= 15 is 0 Å². The number of amides is 1. The maximum absolute atomic E-state index is 13.0. The molecule has 2 nitrogen and oxygen atoms in total. The molecule has 0 aromatic heterocycles. The molecule has 1 amide bonds. The minimum atomic E-state index is -0.989. The number of halogens is 2. The van der Waals surface area contributed by atoms with Crippen molar-refractivity contribution in [2.45, 2.75) is 6.92 Å². The van der Waals surface area contributed by atoms with Crippen LogP contribution in [0.25, 0.3) is 0 Å². The highest BCUT2D eigenvalue weighted by Crippen LogP contribution is 2.14. The highest BCUT2D eigenvalue weighted by Gasteiger charge is 2.07. The molecular weight excluding hydrogens is 236 g/mol. The number of rotatable bonds is 2. The van der Waals surface area contributed by atoms with E-state index in [1.807, 2.05) is 6.92 Å². The lowest BCUT2D eigenvalue weighted by atomic mass is 10.1. The van der Waals surface area contributed by atoms with Crippen molar-refractivity contribution in [1.82, 2.24) is 0 Å². The summed E-state index contributed by atoms with van der Waals surface area (Å²) >= 11 is 0. The van der Waals surface area contributed by atoms with Gasteiger partial charge in [0.2, 0.25) is 0 Å². The van der Waals surface area contributed by atoms with Crippen LogP contribution in [0.5, 0.6) is 0 Å². The number of carbonyl (C=O) groups excluding carboxylic acids is 1. The Balaban J connectivity index is 2.16. The Bertz CT molecular complexity index is 579. The van der Waals surface area contributed by atoms with Gasteiger partial charge in [-0.05, 0) is 31.2 Å². The monoisotopic (exact) mass is 247 g/mol. The van der Waals surface area contributed by atoms with Crippen LogP contribution in [0, 0.1) is 18.6 Å². The number of aryl methyl sites for hydroxylation is 1. The van der Waals surface area contributed by atoms with E-state index in [1.165, 1.54) is 6.07 Å². The molecule has 18 heavy (non-hydrogen) atoms. The summed E-state index contributed by atoms with van der Waals surface area (Å²) in [6, 6.07) is 10.2. The molecule has 0 saturated carbocycles. The lowest BCUT2D eigenvalue weighted by Gasteiger charge is -2.05. The standard InChI is InChI=1S/C14H11F2NO/c1-9-2-4-10(5-3-9)14(18)17-11-6-7-12(15)13(16)8-11/h2-8H,1H3,(H,17,18). The molecule has 0 radical (unpaired) electrons. The number of benzene rings is 2. The molecule has 2 rings (SSSR count). The SMILES string of the molecule is Cc1ccc(C(=O)Nc2ccc(F)c(F)c2)cc1. The Hall–Kier alpha value is -2.23. The number of hydrogen-bond acceptors (Lipinski definition) is 1. The summed E-state index contributed by atoms with van der Waals surface area (Å²) in [7, 11) is 0. The van der Waals surface area contributed by atoms with Gasteiger partial charge in [0, 0.05) is 17.3 Å². The van der Waals surface area contributed by atoms with Crippen LogP contribution >= 0.6 is 0 Å². The van der Waals surface area contributed by atoms with Gasteiger partial charge in [0.05, 0.1) is 0 Å². The molecule has 2 aromatic rings. The van der Waals surface area contributed by atoms with Crippen molar-refractivity contribution in [3.05, 3.63) is 65.2 Å². The van der Waals surface area contributed by atoms with Crippen LogP contribution in [0.15, 0.2) is 42.5 Å². The van der Waals surface area contributed by atoms with Gasteiger partial charge >= 0.3 is 0 Å². The van der Waals surface area contributed by atoms with Crippen LogP contribution in [0.1, 0.15) is 15.9 Å². The predicted octanol–water partition coefficient (Wildman–Crippen LogP) is 3.53. The number of nitrogens with one attached hydrogen (secondary N) is 1. The Morgan fingerprint density at radius 2 is 1.67 bits per heavy atom. The zero-order valence-corrected chi connectivity index (χ0v) is 9.71. The molecule has 0 aliphatic rings. The van der Waals surface area contributed by atoms with Crippen LogP contribution in [-0.4, -0.2) is 5.91 Å². The fourth-order valence-electron chi connectivity index (χ4n) is 1.48. The van der Waals surface area contributed by atoms with Gasteiger partial charge in [0.1, 0.15) is 0 Å². The Morgan fingerprint density at radius 1 is 1.00 bits per heavy atom. The first-order valence-corrected chi connectivity index (χ1v) is 5.39. The minimum Gasteiger partial charge on any atom is -0.322 e. The highest BCUT2D eigenvalue weighted by molar-refractivity contribution is 6.04. The van der Waals surface area contributed by atoms with Crippen molar-refractivity contribution in [3.63, 3.8) is 0 Å². The van der Waals surface area contributed by atoms with Crippen LogP contribution < -0.4 is 5.32 Å². The summed E-state index contributed by atoms with van der Waals surface area (Å²) in [6.45, 7) is 1.91. The molecule has 0 bridgehead atoms. The van der Waals surface area contributed by atoms with Gasteiger partial charge in [-0.15, -0.1) is 0 Å². The summed E-state index contributed by atoms with van der Waals surface area (Å²) in [6.07, 6.45) is 0. The van der Waals surface area contributed by atoms with Gasteiger partial charge in [-0.25, -0.2) is 8.78 Å². The molecular formula is C14H11F2NO. The van der Waals surface area contributed by atoms with E-state index in [-0.39, 0.29) is 11.6 Å². The second kappa shape index (κ2) is 4.96. The maximum Gasteiger partial charge on any atom is 0.255 e. The van der Waals surface area contributed by atoms with Crippen molar-refractivity contribution >= 4 is 11.6 Å². The Labute approximate surface area is 103 Å². The molecule has 0 heterocycles. The van der Waals surface area contributed by atoms with E-state index in [1.54, 1.807) is 24.3 Å². The third-order valence-corrected chi connectivity index (χ3v) is 2.49. The molecule has 4 heteroatoms. The van der Waals surface area contributed by atoms with E-state index in [4.69, 9.17) is 0 Å². The van der Waals surface area contributed by atoms with Crippen molar-refractivity contribution in [2.24, 2.45) is 0 Å². The zero-order chi connectivity index (χ0) is 13.1. The quantitative estimate of drug-likeness (QED) is 0.864. The molecule has 0 atom stereocenters. The maximum atomic E-state index is 13.0. The molecule has 92 valence electrons. The first kappa shape index (κ1) is 12.2. The molecule has 2 aromatic carbocycles. The summed E-state index contributed by atoms with van der Waals surface area (Å²) in [5, 5.41) is 2.50. The van der Waals surface area contributed by atoms with Gasteiger partial charge < -0.3 is 5.32 Å². The average molecular weight is 247 g/mol. The fourth-order valence-corrected chi connectivity index (χ4v) is 1.48. The topological polar surface area (TPSA) is 29.1 Å². The Morgan fingerprint density at radius 3 is 2.28 bits per heavy atom. The average Bonchev–Trinajstić information content (AvgIpc) is 2.34. The summed E-state index contributed by atoms with van der Waals surface area (Å²) in [4.78, 5) is 11.8. The smallest absolute Gasteiger partial charge is 0.255 e. The normalized spacial score (nSPS) is 10.2. The molecule has 0 aliphatic heterocycles. The van der Waals surface area contributed by atoms with Crippen molar-refractivity contribution in [1.29, 1.82) is 0 Å². The lowest BCUT2D eigenvalue weighted by molar-refractivity contribution is 0.102. The second-order valence-electron chi connectivity index (χ2n) is 3.95. The van der Waals surface area contributed by atoms with Gasteiger partial charge in [-0.3, -0.25) is 4.79 Å². The summed E-state index contributed by atoms with van der Waals surface area (Å²) in [5.41, 5.74) is 1.73. The first-order valence-electron chi connectivity index (χ1n) is 5.39. The van der Waals surface area contributed by atoms with Crippen LogP contribution in [0.2, 0.25) is 0 Å². The van der Waals surface area contributed by atoms with E-state index in [0.717, 1.165) is 17.7 Å². The summed E-state index contributed by atoms with van der Waals surface area (Å²) < 4.78 is 25.7. The van der Waals surface area contributed by atoms with E-state index in [9.17, 15) is 13.6 Å². The second-order valence-corrected chi connectivity index (χ2v) is 3.95. The van der Waals surface area contributed by atoms with E-state index < -0.39 is 11.6 Å². The molecule has 0 saturated heterocycles. The summed E-state index contributed by atoms with van der Waals surface area (Å²) in [5.74, 6) is -2.29. The van der Waals surface area contributed by atoms with Crippen LogP contribution in [0.3, 0.4) is 0 Å². The number of anilines is 1. The molecule has 0 fully saturated rings. The number of carbonyl (C=O) groups is 1. The molecule has 0 unspecified atom stereocenters. The largest absolute Gasteiger partial charge is 0.322 e. The van der Waals surface area contributed by atoms with Gasteiger partial charge in [-0.1, -0.05) is 17.7 Å². The Kier molecular flexibility index (Phi) is 3.37. The van der Waals surface area contributed by atoms with Crippen molar-refractivity contribution in [2.75, 3.05) is 5.32 Å². The third kappa shape index (κ3) is 2.71. The van der Waals surface area contributed by atoms with Crippen LogP contribution in [0.4, 0.5) is 14.5 Å². The minimum absolute atomic E-state index is 0.222. The van der Waals surface area contributed by atoms with Gasteiger partial charge in [0.15, 0.2) is 11.6 Å². The third-order valence-electron chi connectivity index (χ3n) is 2.49. The predicted molar refractivity (Wildman–Crippen MR) is 65.5 cm³/mol. The lowest BCUT2D eigenvalue weighted by Crippen LogP contribution is -2.12. The van der Waals surface area contributed by atoms with Gasteiger partial charge in [0.25, 0.3) is 5.91 Å². The molecule has 0 spiro atoms. The highest BCUT2D eigenvalue weighted by atomic mass is 19.2. The van der Waals surface area contributed by atoms with E-state index in [2.05, 4.69) is 5.32 Å². The van der Waals surface area contributed by atoms with Gasteiger partial charge in [-0.2, -0.15) is 0 Å². The zero-order valence-electron chi connectivity index (χ0n) is 9.71. The fraction of sp³-hybridized carbons (Fsp3) is 0.0714. The first-order chi connectivity index (χ1) is 8.56. The van der Waals surface area contributed by atoms with Crippen molar-refractivity contribution < 1.29 is 13.6 Å². The molecule has 0 aliphatic carbocycles. The van der Waals surface area contributed by atoms with E-state index in [0.29, 0.717) is 5.56 Å². The van der Waals surface area contributed by atoms with Crippen LogP contribution in [-0.2, 0) is 0 Å². The number of hydrogen-bond donors (Lipinski definition) is 1. The van der Waals surface area contributed by atoms with Crippen molar-refractivity contribution in [3.8, 4) is 0 Å².